The monoisotopic (exact) mass is 201 g/mol. The fourth-order valence-electron chi connectivity index (χ4n) is 0.951. The summed E-state index contributed by atoms with van der Waals surface area (Å²) in [5.74, 6) is -0.0932. The van der Waals surface area contributed by atoms with E-state index in [1.54, 1.807) is 7.05 Å². The summed E-state index contributed by atoms with van der Waals surface area (Å²) in [4.78, 5) is 13.4. The molecule has 0 aliphatic carbocycles. The zero-order valence-corrected chi connectivity index (χ0v) is 7.61. The van der Waals surface area contributed by atoms with Crippen LogP contribution in [-0.4, -0.2) is 24.9 Å². The Bertz CT molecular complexity index is 360. The average molecular weight is 201 g/mol. The first-order chi connectivity index (χ1) is 6.11. The summed E-state index contributed by atoms with van der Waals surface area (Å²) in [6.07, 6.45) is 0. The van der Waals surface area contributed by atoms with Crippen molar-refractivity contribution in [1.29, 1.82) is 0 Å². The maximum absolute atomic E-state index is 10.4. The third-order valence-corrected chi connectivity index (χ3v) is 1.86. The Morgan fingerprint density at radius 1 is 1.85 bits per heavy atom. The van der Waals surface area contributed by atoms with Crippen LogP contribution in [-0.2, 0) is 13.7 Å². The van der Waals surface area contributed by atoms with E-state index in [2.05, 4.69) is 17.2 Å². The zero-order valence-electron chi connectivity index (χ0n) is 6.80. The summed E-state index contributed by atoms with van der Waals surface area (Å²) >= 11 is 4.60. The molecule has 0 aliphatic heterocycles. The fourth-order valence-corrected chi connectivity index (χ4v) is 1.21. The Hall–Kier alpha value is -1.34. The van der Waals surface area contributed by atoms with E-state index in [1.807, 2.05) is 0 Å². The van der Waals surface area contributed by atoms with Gasteiger partial charge in [0, 0.05) is 12.4 Å². The summed E-state index contributed by atoms with van der Waals surface area (Å²) in [7, 11) is 1.56. The average Bonchev–Trinajstić information content (AvgIpc) is 2.42. The van der Waals surface area contributed by atoms with Crippen molar-refractivity contribution in [1.82, 2.24) is 9.55 Å². The summed E-state index contributed by atoms with van der Waals surface area (Å²) in [5.41, 5.74) is 0.226. The molecular weight excluding hydrogens is 194 g/mol. The van der Waals surface area contributed by atoms with Gasteiger partial charge in [0.15, 0.2) is 5.69 Å². The van der Waals surface area contributed by atoms with Crippen LogP contribution in [0.1, 0.15) is 11.5 Å². The van der Waals surface area contributed by atoms with Gasteiger partial charge in [0.25, 0.3) is 0 Å². The molecule has 1 rings (SSSR count). The van der Waals surface area contributed by atoms with Crippen LogP contribution in [0.5, 0.6) is 0 Å². The topological polar surface area (TPSA) is 81.2 Å². The maximum atomic E-state index is 10.4. The number of aliphatic hydroxyl groups excluding tert-OH is 1. The van der Waals surface area contributed by atoms with Crippen molar-refractivity contribution >= 4 is 23.4 Å². The van der Waals surface area contributed by atoms with Gasteiger partial charge in [-0.1, -0.05) is 12.2 Å². The number of nitro groups is 1. The lowest BCUT2D eigenvalue weighted by atomic mass is 10.5. The third-order valence-electron chi connectivity index (χ3n) is 1.64. The van der Waals surface area contributed by atoms with Crippen molar-refractivity contribution < 1.29 is 10.0 Å². The maximum Gasteiger partial charge on any atom is 0.390 e. The number of rotatable bonds is 3. The minimum atomic E-state index is -0.628. The van der Waals surface area contributed by atoms with E-state index >= 15 is 0 Å². The van der Waals surface area contributed by atoms with E-state index in [9.17, 15) is 10.1 Å². The lowest BCUT2D eigenvalue weighted by molar-refractivity contribution is -0.389. The Labute approximate surface area is 79.0 Å². The number of nitrogens with zero attached hydrogens (tertiary/aromatic N) is 3. The molecule has 0 spiro atoms. The molecule has 1 heterocycles. The van der Waals surface area contributed by atoms with Gasteiger partial charge in [0.05, 0.1) is 0 Å². The molecule has 1 aromatic rings. The smallest absolute Gasteiger partial charge is 0.386 e. The number of aliphatic hydroxyl groups is 1. The molecule has 13 heavy (non-hydrogen) atoms. The van der Waals surface area contributed by atoms with Crippen molar-refractivity contribution in [2.45, 2.75) is 6.61 Å². The van der Waals surface area contributed by atoms with Crippen LogP contribution >= 0.6 is 12.2 Å². The minimum Gasteiger partial charge on any atom is -0.386 e. The largest absolute Gasteiger partial charge is 0.390 e. The summed E-state index contributed by atoms with van der Waals surface area (Å²) < 4.78 is 1.39. The molecule has 0 aliphatic rings. The van der Waals surface area contributed by atoms with Crippen molar-refractivity contribution in [3.8, 4) is 0 Å². The predicted octanol–water partition coefficient (Wildman–Crippen LogP) is 0.168. The van der Waals surface area contributed by atoms with Gasteiger partial charge in [-0.3, -0.25) is 0 Å². The van der Waals surface area contributed by atoms with Crippen LogP contribution in [0.15, 0.2) is 0 Å². The van der Waals surface area contributed by atoms with Crippen molar-refractivity contribution in [3.63, 3.8) is 0 Å². The van der Waals surface area contributed by atoms with Crippen molar-refractivity contribution in [2.24, 2.45) is 7.05 Å². The minimum absolute atomic E-state index is 0.225. The van der Waals surface area contributed by atoms with Gasteiger partial charge in [0.2, 0.25) is 5.82 Å². The Morgan fingerprint density at radius 2 is 2.46 bits per heavy atom. The number of hydrogen-bond acceptors (Lipinski definition) is 5. The molecule has 70 valence electrons. The van der Waals surface area contributed by atoms with E-state index in [0.29, 0.717) is 0 Å². The highest BCUT2D eigenvalue weighted by molar-refractivity contribution is 7.79. The van der Waals surface area contributed by atoms with E-state index in [0.717, 1.165) is 0 Å². The van der Waals surface area contributed by atoms with E-state index in [1.165, 1.54) is 9.93 Å². The summed E-state index contributed by atoms with van der Waals surface area (Å²) in [5, 5.41) is 20.4. The molecule has 0 fully saturated rings. The van der Waals surface area contributed by atoms with Gasteiger partial charge in [-0.05, 0) is 9.91 Å². The molecule has 7 heteroatoms. The first-order valence-electron chi connectivity index (χ1n) is 3.37. The van der Waals surface area contributed by atoms with Crippen molar-refractivity contribution in [3.05, 3.63) is 21.6 Å². The van der Waals surface area contributed by atoms with Crippen LogP contribution in [0.25, 0.3) is 0 Å². The van der Waals surface area contributed by atoms with E-state index < -0.39 is 4.92 Å². The van der Waals surface area contributed by atoms with Crippen LogP contribution in [0.3, 0.4) is 0 Å². The molecule has 6 nitrogen and oxygen atoms in total. The molecule has 0 aromatic carbocycles. The molecule has 1 N–H and O–H groups in total. The SMILES string of the molecule is Cn1c(CO)nc([N+](=O)[O-])c1C=S. The highest BCUT2D eigenvalue weighted by Gasteiger charge is 2.22. The first kappa shape index (κ1) is 9.75. The van der Waals surface area contributed by atoms with Gasteiger partial charge < -0.3 is 19.8 Å². The van der Waals surface area contributed by atoms with Crippen LogP contribution in [0.2, 0.25) is 0 Å². The summed E-state index contributed by atoms with van der Waals surface area (Å²) in [6, 6.07) is 0. The van der Waals surface area contributed by atoms with E-state index in [-0.39, 0.29) is 23.9 Å². The molecule has 0 radical (unpaired) electrons. The van der Waals surface area contributed by atoms with Gasteiger partial charge in [-0.25, -0.2) is 0 Å². The lowest BCUT2D eigenvalue weighted by Crippen LogP contribution is -2.00. The molecule has 0 unspecified atom stereocenters. The number of imidazole rings is 1. The fraction of sp³-hybridized carbons (Fsp3) is 0.333. The standard InChI is InChI=1S/C6H7N3O3S/c1-8-4(3-13)6(9(11)12)7-5(8)2-10/h3,10H,2H2,1H3. The molecule has 0 amide bonds. The molecule has 0 saturated carbocycles. The zero-order chi connectivity index (χ0) is 10.0. The number of hydrogen-bond donors (Lipinski definition) is 1. The number of thiocarbonyl (C=S) groups is 1. The molecule has 0 bridgehead atoms. The summed E-state index contributed by atoms with van der Waals surface area (Å²) in [6.45, 7) is -0.347. The highest BCUT2D eigenvalue weighted by Crippen LogP contribution is 2.16. The predicted molar refractivity (Wildman–Crippen MR) is 48.5 cm³/mol. The van der Waals surface area contributed by atoms with Crippen LogP contribution < -0.4 is 0 Å². The first-order valence-corrected chi connectivity index (χ1v) is 3.85. The van der Waals surface area contributed by atoms with Crippen LogP contribution in [0.4, 0.5) is 5.82 Å². The molecule has 1 aromatic heterocycles. The normalized spacial score (nSPS) is 10.0. The van der Waals surface area contributed by atoms with Gasteiger partial charge in [-0.2, -0.15) is 0 Å². The van der Waals surface area contributed by atoms with Crippen LogP contribution in [0, 0.1) is 10.1 Å². The van der Waals surface area contributed by atoms with Gasteiger partial charge >= 0.3 is 5.82 Å². The van der Waals surface area contributed by atoms with Gasteiger partial charge in [0.1, 0.15) is 6.61 Å². The van der Waals surface area contributed by atoms with Gasteiger partial charge in [-0.15, -0.1) is 0 Å². The highest BCUT2D eigenvalue weighted by atomic mass is 32.1. The Morgan fingerprint density at radius 3 is 2.77 bits per heavy atom. The Balaban J connectivity index is 3.35. The Kier molecular flexibility index (Phi) is 2.69. The quantitative estimate of drug-likeness (QED) is 0.428. The van der Waals surface area contributed by atoms with Crippen molar-refractivity contribution in [2.75, 3.05) is 0 Å². The molecular formula is C6H7N3O3S. The molecule has 0 saturated heterocycles. The lowest BCUT2D eigenvalue weighted by Gasteiger charge is -1.94. The second-order valence-corrected chi connectivity index (χ2v) is 2.56. The third kappa shape index (κ3) is 1.56. The van der Waals surface area contributed by atoms with E-state index in [4.69, 9.17) is 5.11 Å². The number of aromatic nitrogens is 2. The second-order valence-electron chi connectivity index (χ2n) is 2.33. The second kappa shape index (κ2) is 3.58. The molecule has 0 atom stereocenters.